The number of amides is 1. The Hall–Kier alpha value is -2.11. The molecular weight excluding hydrogens is 289 g/mol. The highest BCUT2D eigenvalue weighted by molar-refractivity contribution is 5.79. The van der Waals surface area contributed by atoms with Crippen LogP contribution in [0.25, 0.3) is 0 Å². The Kier molecular flexibility index (Phi) is 5.75. The maximum atomic E-state index is 12.9. The number of rotatable bonds is 6. The summed E-state index contributed by atoms with van der Waals surface area (Å²) in [4.78, 5) is 22.8. The molecule has 0 aliphatic heterocycles. The number of halogens is 1. The fourth-order valence-electron chi connectivity index (χ4n) is 2.65. The van der Waals surface area contributed by atoms with Gasteiger partial charge < -0.3 is 15.2 Å². The van der Waals surface area contributed by atoms with Gasteiger partial charge in [0.2, 0.25) is 5.91 Å². The number of carboxylic acids is 1. The maximum Gasteiger partial charge on any atom is 0.306 e. The molecule has 0 saturated heterocycles. The van der Waals surface area contributed by atoms with Gasteiger partial charge in [0.15, 0.2) is 0 Å². The quantitative estimate of drug-likeness (QED) is 0.790. The van der Waals surface area contributed by atoms with Crippen molar-refractivity contribution in [2.75, 3.05) is 13.2 Å². The van der Waals surface area contributed by atoms with Crippen molar-refractivity contribution in [3.63, 3.8) is 0 Å². The maximum absolute atomic E-state index is 12.9. The summed E-state index contributed by atoms with van der Waals surface area (Å²) in [5.41, 5.74) is 0. The van der Waals surface area contributed by atoms with Gasteiger partial charge in [-0.05, 0) is 37.8 Å². The van der Waals surface area contributed by atoms with Crippen molar-refractivity contribution in [1.29, 1.82) is 0 Å². The number of benzene rings is 1. The number of hydrogen-bond donors (Lipinski definition) is 2. The Morgan fingerprint density at radius 3 is 2.55 bits per heavy atom. The van der Waals surface area contributed by atoms with E-state index in [-0.39, 0.29) is 30.2 Å². The molecule has 5 nitrogen and oxygen atoms in total. The summed E-state index contributed by atoms with van der Waals surface area (Å²) in [5, 5.41) is 11.7. The van der Waals surface area contributed by atoms with Gasteiger partial charge in [-0.3, -0.25) is 9.59 Å². The van der Waals surface area contributed by atoms with E-state index in [1.165, 1.54) is 12.1 Å². The molecule has 0 aromatic heterocycles. The minimum absolute atomic E-state index is 0.0633. The second-order valence-electron chi connectivity index (χ2n) is 5.48. The number of nitrogens with one attached hydrogen (secondary N) is 1. The normalized spacial score (nSPS) is 21.1. The number of ether oxygens (including phenoxy) is 1. The van der Waals surface area contributed by atoms with E-state index in [9.17, 15) is 14.0 Å². The van der Waals surface area contributed by atoms with Gasteiger partial charge in [0.1, 0.15) is 18.2 Å². The predicted molar refractivity (Wildman–Crippen MR) is 78.0 cm³/mol. The molecule has 0 spiro atoms. The zero-order valence-corrected chi connectivity index (χ0v) is 12.3. The van der Waals surface area contributed by atoms with Crippen molar-refractivity contribution < 1.29 is 23.8 Å². The fraction of sp³-hybridized carbons (Fsp3) is 0.500. The molecule has 2 rings (SSSR count). The minimum atomic E-state index is -0.776. The molecule has 2 N–H and O–H groups in total. The first kappa shape index (κ1) is 16.3. The number of aliphatic carboxylic acids is 1. The van der Waals surface area contributed by atoms with Crippen LogP contribution in [0.1, 0.15) is 25.7 Å². The SMILES string of the molecule is O=C(O)C1CCC(C(=O)NCCOc2cccc(F)c2)CC1. The van der Waals surface area contributed by atoms with Crippen LogP contribution in [0.4, 0.5) is 4.39 Å². The van der Waals surface area contributed by atoms with E-state index in [1.807, 2.05) is 0 Å². The second kappa shape index (κ2) is 7.77. The summed E-state index contributed by atoms with van der Waals surface area (Å²) in [5.74, 6) is -1.22. The third-order valence-electron chi connectivity index (χ3n) is 3.91. The fourth-order valence-corrected chi connectivity index (χ4v) is 2.65. The van der Waals surface area contributed by atoms with Crippen LogP contribution < -0.4 is 10.1 Å². The van der Waals surface area contributed by atoms with Crippen LogP contribution in [0.2, 0.25) is 0 Å². The summed E-state index contributed by atoms with van der Waals surface area (Å²) in [6, 6.07) is 5.83. The third-order valence-corrected chi connectivity index (χ3v) is 3.91. The number of carbonyl (C=O) groups excluding carboxylic acids is 1. The van der Waals surface area contributed by atoms with E-state index in [0.29, 0.717) is 38.0 Å². The van der Waals surface area contributed by atoms with Crippen LogP contribution >= 0.6 is 0 Å². The van der Waals surface area contributed by atoms with Crippen LogP contribution in [-0.4, -0.2) is 30.1 Å². The molecule has 0 unspecified atom stereocenters. The topological polar surface area (TPSA) is 75.6 Å². The highest BCUT2D eigenvalue weighted by atomic mass is 19.1. The average molecular weight is 309 g/mol. The van der Waals surface area contributed by atoms with E-state index >= 15 is 0 Å². The molecule has 0 atom stereocenters. The summed E-state index contributed by atoms with van der Waals surface area (Å²) < 4.78 is 18.3. The summed E-state index contributed by atoms with van der Waals surface area (Å²) >= 11 is 0. The number of carbonyl (C=O) groups is 2. The van der Waals surface area contributed by atoms with E-state index in [0.717, 1.165) is 0 Å². The average Bonchev–Trinajstić information content (AvgIpc) is 2.51. The molecule has 6 heteroatoms. The standard InChI is InChI=1S/C16H20FNO4/c17-13-2-1-3-14(10-13)22-9-8-18-15(19)11-4-6-12(7-5-11)16(20)21/h1-3,10-12H,4-9H2,(H,18,19)(H,20,21). The smallest absolute Gasteiger partial charge is 0.306 e. The Morgan fingerprint density at radius 2 is 1.91 bits per heavy atom. The first-order valence-electron chi connectivity index (χ1n) is 7.45. The Bertz CT molecular complexity index is 527. The lowest BCUT2D eigenvalue weighted by Gasteiger charge is -2.25. The molecule has 0 heterocycles. The molecule has 0 bridgehead atoms. The van der Waals surface area contributed by atoms with Gasteiger partial charge in [-0.1, -0.05) is 6.07 Å². The lowest BCUT2D eigenvalue weighted by molar-refractivity contribution is -0.144. The summed E-state index contributed by atoms with van der Waals surface area (Å²) in [7, 11) is 0. The van der Waals surface area contributed by atoms with Gasteiger partial charge in [0, 0.05) is 12.0 Å². The van der Waals surface area contributed by atoms with E-state index in [4.69, 9.17) is 9.84 Å². The van der Waals surface area contributed by atoms with Crippen LogP contribution in [-0.2, 0) is 9.59 Å². The van der Waals surface area contributed by atoms with Gasteiger partial charge in [0.25, 0.3) is 0 Å². The van der Waals surface area contributed by atoms with Crippen LogP contribution in [0, 0.1) is 17.7 Å². The van der Waals surface area contributed by atoms with Crippen LogP contribution in [0.15, 0.2) is 24.3 Å². The molecule has 22 heavy (non-hydrogen) atoms. The third kappa shape index (κ3) is 4.72. The van der Waals surface area contributed by atoms with Gasteiger partial charge in [0.05, 0.1) is 12.5 Å². The molecule has 0 radical (unpaired) electrons. The van der Waals surface area contributed by atoms with Gasteiger partial charge >= 0.3 is 5.97 Å². The monoisotopic (exact) mass is 309 g/mol. The lowest BCUT2D eigenvalue weighted by Crippen LogP contribution is -2.36. The van der Waals surface area contributed by atoms with Crippen molar-refractivity contribution in [2.45, 2.75) is 25.7 Å². The first-order valence-corrected chi connectivity index (χ1v) is 7.45. The molecule has 1 aromatic rings. The minimum Gasteiger partial charge on any atom is -0.492 e. The Morgan fingerprint density at radius 1 is 1.23 bits per heavy atom. The van der Waals surface area contributed by atoms with Crippen LogP contribution in [0.3, 0.4) is 0 Å². The molecular formula is C16H20FNO4. The van der Waals surface area contributed by atoms with Gasteiger partial charge in [-0.25, -0.2) is 4.39 Å². The molecule has 1 aliphatic rings. The van der Waals surface area contributed by atoms with Crippen molar-refractivity contribution in [2.24, 2.45) is 11.8 Å². The Labute approximate surface area is 128 Å². The molecule has 120 valence electrons. The summed E-state index contributed by atoms with van der Waals surface area (Å²) in [6.45, 7) is 0.605. The van der Waals surface area contributed by atoms with E-state index in [2.05, 4.69) is 5.32 Å². The zero-order chi connectivity index (χ0) is 15.9. The van der Waals surface area contributed by atoms with E-state index in [1.54, 1.807) is 12.1 Å². The van der Waals surface area contributed by atoms with Gasteiger partial charge in [-0.15, -0.1) is 0 Å². The van der Waals surface area contributed by atoms with Crippen molar-refractivity contribution in [3.8, 4) is 5.75 Å². The van der Waals surface area contributed by atoms with E-state index < -0.39 is 5.97 Å². The van der Waals surface area contributed by atoms with Gasteiger partial charge in [-0.2, -0.15) is 0 Å². The zero-order valence-electron chi connectivity index (χ0n) is 12.3. The van der Waals surface area contributed by atoms with Crippen LogP contribution in [0.5, 0.6) is 5.75 Å². The van der Waals surface area contributed by atoms with Crippen molar-refractivity contribution in [1.82, 2.24) is 5.32 Å². The largest absolute Gasteiger partial charge is 0.492 e. The lowest BCUT2D eigenvalue weighted by atomic mass is 9.81. The predicted octanol–water partition coefficient (Wildman–Crippen LogP) is 2.21. The molecule has 1 aromatic carbocycles. The number of carboxylic acid groups (broad SMARTS) is 1. The Balaban J connectivity index is 1.65. The highest BCUT2D eigenvalue weighted by Gasteiger charge is 2.29. The second-order valence-corrected chi connectivity index (χ2v) is 5.48. The molecule has 1 fully saturated rings. The van der Waals surface area contributed by atoms with Crippen molar-refractivity contribution >= 4 is 11.9 Å². The first-order chi connectivity index (χ1) is 10.6. The molecule has 1 amide bonds. The highest BCUT2D eigenvalue weighted by Crippen LogP contribution is 2.28. The number of hydrogen-bond acceptors (Lipinski definition) is 3. The molecule has 1 saturated carbocycles. The molecule has 1 aliphatic carbocycles. The summed E-state index contributed by atoms with van der Waals surface area (Å²) in [6.07, 6.45) is 2.31. The van der Waals surface area contributed by atoms with Crippen molar-refractivity contribution in [3.05, 3.63) is 30.1 Å².